The zero-order valence-corrected chi connectivity index (χ0v) is 15.7. The van der Waals surface area contributed by atoms with E-state index in [9.17, 15) is 4.79 Å². The van der Waals surface area contributed by atoms with Crippen LogP contribution in [0.1, 0.15) is 42.5 Å². The fourth-order valence-corrected chi connectivity index (χ4v) is 3.07. The molecule has 0 bridgehead atoms. The van der Waals surface area contributed by atoms with E-state index in [0.29, 0.717) is 18.7 Å². The smallest absolute Gasteiger partial charge is 0.243 e. The van der Waals surface area contributed by atoms with Crippen LogP contribution in [-0.2, 0) is 16.1 Å². The maximum Gasteiger partial charge on any atom is 0.243 e. The molecule has 3 rings (SSSR count). The van der Waals surface area contributed by atoms with Gasteiger partial charge in [0, 0.05) is 12.0 Å². The van der Waals surface area contributed by atoms with Gasteiger partial charge in [-0.15, -0.1) is 0 Å². The third-order valence-electron chi connectivity index (χ3n) is 4.59. The third kappa shape index (κ3) is 3.72. The van der Waals surface area contributed by atoms with Gasteiger partial charge in [0.25, 0.3) is 0 Å². The molecular formula is C21H25N3O2. The normalized spacial score (nSPS) is 19.1. The molecule has 0 fully saturated rings. The number of oxime groups is 1. The highest BCUT2D eigenvalue weighted by molar-refractivity contribution is 6.00. The largest absolute Gasteiger partial charge is 0.364 e. The predicted molar refractivity (Wildman–Crippen MR) is 102 cm³/mol. The first kappa shape index (κ1) is 18.0. The van der Waals surface area contributed by atoms with Crippen molar-refractivity contribution < 1.29 is 9.63 Å². The molecule has 5 nitrogen and oxygen atoms in total. The van der Waals surface area contributed by atoms with Gasteiger partial charge >= 0.3 is 0 Å². The van der Waals surface area contributed by atoms with Gasteiger partial charge in [-0.05, 0) is 38.5 Å². The molecule has 1 N–H and O–H groups in total. The Balaban J connectivity index is 1.84. The van der Waals surface area contributed by atoms with Crippen LogP contribution >= 0.6 is 0 Å². The van der Waals surface area contributed by atoms with Gasteiger partial charge in [0.15, 0.2) is 5.84 Å². The number of hydrazine groups is 1. The van der Waals surface area contributed by atoms with Crippen LogP contribution in [0, 0.1) is 13.8 Å². The van der Waals surface area contributed by atoms with Gasteiger partial charge in [0.05, 0.1) is 6.42 Å². The Morgan fingerprint density at radius 3 is 2.42 bits per heavy atom. The number of nitrogens with one attached hydrogen (secondary N) is 1. The lowest BCUT2D eigenvalue weighted by Gasteiger charge is -2.33. The molecule has 2 aromatic carbocycles. The standard InChI is InChI=1S/C21H25N3O2/c1-5-21(4)24(22-19(25)14-17-9-7-6-8-10-17)20(23-26-21)18-12-15(2)11-16(3)13-18/h6-13H,5,14H2,1-4H3,(H,22,25). The van der Waals surface area contributed by atoms with Crippen LogP contribution in [0.3, 0.4) is 0 Å². The summed E-state index contributed by atoms with van der Waals surface area (Å²) in [5.74, 6) is 0.529. The van der Waals surface area contributed by atoms with E-state index in [0.717, 1.165) is 22.3 Å². The number of aryl methyl sites for hydroxylation is 2. The lowest BCUT2D eigenvalue weighted by Crippen LogP contribution is -2.56. The minimum atomic E-state index is -0.709. The number of hydrogen-bond donors (Lipinski definition) is 1. The molecule has 2 aromatic rings. The molecule has 0 spiro atoms. The van der Waals surface area contributed by atoms with E-state index in [1.807, 2.05) is 70.2 Å². The second-order valence-corrected chi connectivity index (χ2v) is 6.94. The molecule has 26 heavy (non-hydrogen) atoms. The van der Waals surface area contributed by atoms with E-state index < -0.39 is 5.72 Å². The molecule has 1 aliphatic heterocycles. The summed E-state index contributed by atoms with van der Waals surface area (Å²) in [7, 11) is 0. The van der Waals surface area contributed by atoms with Crippen molar-refractivity contribution in [1.29, 1.82) is 0 Å². The number of carbonyl (C=O) groups is 1. The molecule has 136 valence electrons. The van der Waals surface area contributed by atoms with Crippen molar-refractivity contribution in [2.24, 2.45) is 5.16 Å². The van der Waals surface area contributed by atoms with Crippen molar-refractivity contribution in [2.75, 3.05) is 0 Å². The zero-order chi connectivity index (χ0) is 18.7. The third-order valence-corrected chi connectivity index (χ3v) is 4.59. The average Bonchev–Trinajstić information content (AvgIpc) is 2.92. The quantitative estimate of drug-likeness (QED) is 0.894. The molecule has 0 saturated heterocycles. The molecule has 1 aliphatic rings. The topological polar surface area (TPSA) is 53.9 Å². The summed E-state index contributed by atoms with van der Waals surface area (Å²) in [6.07, 6.45) is 0.980. The van der Waals surface area contributed by atoms with Crippen LogP contribution < -0.4 is 5.43 Å². The second-order valence-electron chi connectivity index (χ2n) is 6.94. The first-order valence-electron chi connectivity index (χ1n) is 8.90. The molecule has 1 heterocycles. The summed E-state index contributed by atoms with van der Waals surface area (Å²) in [6.45, 7) is 8.03. The Kier molecular flexibility index (Phi) is 4.98. The Labute approximate surface area is 154 Å². The second kappa shape index (κ2) is 7.20. The lowest BCUT2D eigenvalue weighted by molar-refractivity contribution is -0.138. The van der Waals surface area contributed by atoms with Crippen molar-refractivity contribution in [3.63, 3.8) is 0 Å². The highest BCUT2D eigenvalue weighted by Crippen LogP contribution is 2.29. The van der Waals surface area contributed by atoms with Gasteiger partial charge in [0.1, 0.15) is 0 Å². The first-order chi connectivity index (χ1) is 12.4. The summed E-state index contributed by atoms with van der Waals surface area (Å²) in [5.41, 5.74) is 6.47. The fraction of sp³-hybridized carbons (Fsp3) is 0.333. The first-order valence-corrected chi connectivity index (χ1v) is 8.90. The number of hydrogen-bond acceptors (Lipinski definition) is 4. The van der Waals surface area contributed by atoms with Crippen LogP contribution in [0.4, 0.5) is 0 Å². The number of carbonyl (C=O) groups excluding carboxylic acids is 1. The molecule has 0 aliphatic carbocycles. The zero-order valence-electron chi connectivity index (χ0n) is 15.7. The van der Waals surface area contributed by atoms with Gasteiger partial charge in [0.2, 0.25) is 11.6 Å². The SMILES string of the molecule is CCC1(C)ON=C(c2cc(C)cc(C)c2)N1NC(=O)Cc1ccccc1. The summed E-state index contributed by atoms with van der Waals surface area (Å²) in [4.78, 5) is 18.3. The Bertz CT molecular complexity index is 812. The fourth-order valence-electron chi connectivity index (χ4n) is 3.07. The number of benzene rings is 2. The average molecular weight is 351 g/mol. The van der Waals surface area contributed by atoms with Crippen LogP contribution in [0.25, 0.3) is 0 Å². The van der Waals surface area contributed by atoms with E-state index in [1.165, 1.54) is 0 Å². The van der Waals surface area contributed by atoms with Crippen LogP contribution in [0.5, 0.6) is 0 Å². The minimum Gasteiger partial charge on any atom is -0.364 e. The molecular weight excluding hydrogens is 326 g/mol. The van der Waals surface area contributed by atoms with Crippen LogP contribution in [0.2, 0.25) is 0 Å². The van der Waals surface area contributed by atoms with E-state index in [2.05, 4.69) is 16.6 Å². The summed E-state index contributed by atoms with van der Waals surface area (Å²) < 4.78 is 0. The maximum absolute atomic E-state index is 12.6. The molecule has 0 radical (unpaired) electrons. The Morgan fingerprint density at radius 2 is 1.81 bits per heavy atom. The van der Waals surface area contributed by atoms with Crippen molar-refractivity contribution in [2.45, 2.75) is 46.3 Å². The Hall–Kier alpha value is -2.82. The lowest BCUT2D eigenvalue weighted by atomic mass is 10.1. The predicted octanol–water partition coefficient (Wildman–Crippen LogP) is 3.70. The van der Waals surface area contributed by atoms with Gasteiger partial charge in [-0.25, -0.2) is 5.01 Å². The number of amidine groups is 1. The minimum absolute atomic E-state index is 0.0987. The molecule has 1 atom stereocenters. The number of rotatable bonds is 5. The maximum atomic E-state index is 12.6. The van der Waals surface area contributed by atoms with Crippen molar-refractivity contribution in [1.82, 2.24) is 10.4 Å². The van der Waals surface area contributed by atoms with Crippen LogP contribution in [0.15, 0.2) is 53.7 Å². The van der Waals surface area contributed by atoms with Crippen LogP contribution in [-0.4, -0.2) is 22.5 Å². The summed E-state index contributed by atoms with van der Waals surface area (Å²) >= 11 is 0. The number of nitrogens with zero attached hydrogens (tertiary/aromatic N) is 2. The molecule has 1 unspecified atom stereocenters. The van der Waals surface area contributed by atoms with Gasteiger partial charge in [-0.3, -0.25) is 10.2 Å². The van der Waals surface area contributed by atoms with Gasteiger partial charge in [-0.2, -0.15) is 0 Å². The number of amides is 1. The molecule has 0 saturated carbocycles. The van der Waals surface area contributed by atoms with E-state index in [1.54, 1.807) is 5.01 Å². The van der Waals surface area contributed by atoms with Gasteiger partial charge < -0.3 is 4.84 Å². The molecule has 1 amide bonds. The van der Waals surface area contributed by atoms with Crippen molar-refractivity contribution in [3.8, 4) is 0 Å². The summed E-state index contributed by atoms with van der Waals surface area (Å²) in [6, 6.07) is 15.9. The van der Waals surface area contributed by atoms with Gasteiger partial charge in [-0.1, -0.05) is 59.6 Å². The van der Waals surface area contributed by atoms with Crippen molar-refractivity contribution >= 4 is 11.7 Å². The van der Waals surface area contributed by atoms with E-state index in [4.69, 9.17) is 4.84 Å². The highest BCUT2D eigenvalue weighted by Gasteiger charge is 2.42. The Morgan fingerprint density at radius 1 is 1.15 bits per heavy atom. The van der Waals surface area contributed by atoms with E-state index in [-0.39, 0.29) is 5.91 Å². The van der Waals surface area contributed by atoms with E-state index >= 15 is 0 Å². The molecule has 0 aromatic heterocycles. The van der Waals surface area contributed by atoms with Crippen molar-refractivity contribution in [3.05, 3.63) is 70.8 Å². The summed E-state index contributed by atoms with van der Waals surface area (Å²) in [5, 5.41) is 6.04. The highest BCUT2D eigenvalue weighted by atomic mass is 16.7. The monoisotopic (exact) mass is 351 g/mol. The molecule has 5 heteroatoms.